The fourth-order valence-electron chi connectivity index (χ4n) is 1.05. The van der Waals surface area contributed by atoms with Crippen molar-refractivity contribution in [1.29, 1.82) is 0 Å². The first-order valence-electron chi connectivity index (χ1n) is 3.77. The molecule has 0 unspecified atom stereocenters. The molecule has 0 saturated heterocycles. The first kappa shape index (κ1) is 11.7. The van der Waals surface area contributed by atoms with Gasteiger partial charge in [0.2, 0.25) is 5.75 Å². The summed E-state index contributed by atoms with van der Waals surface area (Å²) in [5, 5.41) is 19.1. The van der Waals surface area contributed by atoms with Crippen LogP contribution in [-0.2, 0) is 0 Å². The van der Waals surface area contributed by atoms with Crippen molar-refractivity contribution in [2.45, 2.75) is 6.92 Å². The van der Waals surface area contributed by atoms with Crippen LogP contribution < -0.4 is 4.74 Å². The van der Waals surface area contributed by atoms with Gasteiger partial charge < -0.3 is 9.84 Å². The number of nitro groups is 1. The summed E-state index contributed by atoms with van der Waals surface area (Å²) in [5.41, 5.74) is 0.0728. The van der Waals surface area contributed by atoms with E-state index in [2.05, 4.69) is 4.74 Å². The van der Waals surface area contributed by atoms with Crippen molar-refractivity contribution in [3.63, 3.8) is 0 Å². The summed E-state index contributed by atoms with van der Waals surface area (Å²) >= 11 is 1.93. The number of halogens is 1. The van der Waals surface area contributed by atoms with Gasteiger partial charge >= 0.3 is 11.8 Å². The van der Waals surface area contributed by atoms with Crippen molar-refractivity contribution in [2.24, 2.45) is 0 Å². The zero-order valence-corrected chi connectivity index (χ0v) is 9.72. The molecule has 0 radical (unpaired) electrons. The van der Waals surface area contributed by atoms with Crippen LogP contribution >= 0.6 is 22.6 Å². The van der Waals surface area contributed by atoms with Gasteiger partial charge in [0.1, 0.15) is 0 Å². The van der Waals surface area contributed by atoms with Gasteiger partial charge in [0.05, 0.1) is 4.92 Å². The Hall–Kier alpha value is -1.38. The molecule has 0 aromatic heterocycles. The second kappa shape index (κ2) is 4.43. The molecular weight excluding hydrogens is 317 g/mol. The third kappa shape index (κ3) is 2.55. The smallest absolute Gasteiger partial charge is 0.449 e. The van der Waals surface area contributed by atoms with Crippen LogP contribution in [0.1, 0.15) is 5.56 Å². The van der Waals surface area contributed by atoms with Crippen LogP contribution in [0.25, 0.3) is 0 Å². The monoisotopic (exact) mass is 323 g/mol. The normalized spacial score (nSPS) is 9.73. The Labute approximate surface area is 98.1 Å². The molecule has 1 N–H and O–H groups in total. The zero-order valence-electron chi connectivity index (χ0n) is 7.56. The van der Waals surface area contributed by atoms with Crippen molar-refractivity contribution in [1.82, 2.24) is 0 Å². The highest BCUT2D eigenvalue weighted by Gasteiger charge is 2.22. The average molecular weight is 323 g/mol. The Morgan fingerprint density at radius 1 is 1.60 bits per heavy atom. The zero-order chi connectivity index (χ0) is 11.6. The lowest BCUT2D eigenvalue weighted by Crippen LogP contribution is -2.06. The third-order valence-electron chi connectivity index (χ3n) is 1.71. The second-order valence-corrected chi connectivity index (χ2v) is 3.81. The Morgan fingerprint density at radius 3 is 2.67 bits per heavy atom. The number of benzene rings is 1. The Kier molecular flexibility index (Phi) is 3.45. The molecule has 0 heterocycles. The van der Waals surface area contributed by atoms with Gasteiger partial charge in [0.25, 0.3) is 0 Å². The largest absolute Gasteiger partial charge is 0.511 e. The minimum atomic E-state index is -1.57. The summed E-state index contributed by atoms with van der Waals surface area (Å²) < 4.78 is 4.99. The highest BCUT2D eigenvalue weighted by atomic mass is 127. The number of rotatable bonds is 2. The number of nitrogens with zero attached hydrogens (tertiary/aromatic N) is 1. The molecule has 1 aromatic carbocycles. The van der Waals surface area contributed by atoms with Crippen molar-refractivity contribution in [3.8, 4) is 5.75 Å². The van der Waals surface area contributed by atoms with Gasteiger partial charge in [-0.15, -0.1) is 0 Å². The summed E-state index contributed by atoms with van der Waals surface area (Å²) in [6.45, 7) is 1.54. The Morgan fingerprint density at radius 2 is 2.20 bits per heavy atom. The standard InChI is InChI=1S/C8H6INO5/c1-4-5(9)2-3-6(15-8(11)12)7(4)10(13)14/h2-3H,1H3,(H,11,12). The van der Waals surface area contributed by atoms with Crippen molar-refractivity contribution >= 4 is 34.4 Å². The maximum absolute atomic E-state index is 10.7. The summed E-state index contributed by atoms with van der Waals surface area (Å²) in [6.07, 6.45) is -1.57. The summed E-state index contributed by atoms with van der Waals surface area (Å²) in [6, 6.07) is 2.82. The topological polar surface area (TPSA) is 89.7 Å². The Bertz CT molecular complexity index is 431. The first-order chi connectivity index (χ1) is 6.93. The lowest BCUT2D eigenvalue weighted by atomic mass is 10.2. The van der Waals surface area contributed by atoms with Gasteiger partial charge in [-0.2, -0.15) is 0 Å². The SMILES string of the molecule is Cc1c(I)ccc(OC(=O)O)c1[N+](=O)[O-]. The average Bonchev–Trinajstić information content (AvgIpc) is 2.10. The molecule has 0 aliphatic heterocycles. The van der Waals surface area contributed by atoms with E-state index in [-0.39, 0.29) is 11.4 Å². The van der Waals surface area contributed by atoms with E-state index in [1.54, 1.807) is 6.07 Å². The van der Waals surface area contributed by atoms with Crippen LogP contribution in [0.3, 0.4) is 0 Å². The number of carbonyl (C=O) groups is 1. The van der Waals surface area contributed by atoms with E-state index >= 15 is 0 Å². The van der Waals surface area contributed by atoms with E-state index in [0.29, 0.717) is 9.13 Å². The predicted molar refractivity (Wildman–Crippen MR) is 59.2 cm³/mol. The van der Waals surface area contributed by atoms with Crippen LogP contribution in [0, 0.1) is 20.6 Å². The van der Waals surface area contributed by atoms with Crippen LogP contribution in [0.5, 0.6) is 5.75 Å². The van der Waals surface area contributed by atoms with E-state index in [1.807, 2.05) is 22.6 Å². The lowest BCUT2D eigenvalue weighted by Gasteiger charge is -2.04. The summed E-state index contributed by atoms with van der Waals surface area (Å²) in [7, 11) is 0. The molecule has 1 aromatic rings. The van der Waals surface area contributed by atoms with Gasteiger partial charge in [-0.1, -0.05) is 0 Å². The van der Waals surface area contributed by atoms with Gasteiger partial charge in [-0.05, 0) is 41.6 Å². The molecular formula is C8H6INO5. The van der Waals surface area contributed by atoms with E-state index < -0.39 is 11.1 Å². The molecule has 0 atom stereocenters. The molecule has 6 nitrogen and oxygen atoms in total. The fraction of sp³-hybridized carbons (Fsp3) is 0.125. The van der Waals surface area contributed by atoms with Crippen molar-refractivity contribution in [2.75, 3.05) is 0 Å². The van der Waals surface area contributed by atoms with Crippen LogP contribution in [0.2, 0.25) is 0 Å². The maximum atomic E-state index is 10.7. The predicted octanol–water partition coefficient (Wildman–Crippen LogP) is 2.56. The number of ether oxygens (including phenoxy) is 1. The molecule has 1 rings (SSSR count). The van der Waals surface area contributed by atoms with Crippen LogP contribution in [-0.4, -0.2) is 16.2 Å². The molecule has 7 heteroatoms. The molecule has 0 aliphatic carbocycles. The third-order valence-corrected chi connectivity index (χ3v) is 2.88. The summed E-state index contributed by atoms with van der Waals surface area (Å²) in [5.74, 6) is -0.259. The molecule has 15 heavy (non-hydrogen) atoms. The molecule has 0 amide bonds. The molecule has 0 saturated carbocycles. The number of nitro benzene ring substituents is 1. The van der Waals surface area contributed by atoms with E-state index in [0.717, 1.165) is 0 Å². The minimum Gasteiger partial charge on any atom is -0.449 e. The highest BCUT2D eigenvalue weighted by Crippen LogP contribution is 2.33. The molecule has 0 spiro atoms. The van der Waals surface area contributed by atoms with Gasteiger partial charge in [0, 0.05) is 9.13 Å². The van der Waals surface area contributed by atoms with Crippen molar-refractivity contribution < 1.29 is 19.6 Å². The molecule has 0 bridgehead atoms. The first-order valence-corrected chi connectivity index (χ1v) is 4.85. The second-order valence-electron chi connectivity index (χ2n) is 2.64. The van der Waals surface area contributed by atoms with E-state index in [9.17, 15) is 14.9 Å². The molecule has 0 aliphatic rings. The molecule has 80 valence electrons. The number of hydrogen-bond donors (Lipinski definition) is 1. The van der Waals surface area contributed by atoms with Gasteiger partial charge in [-0.25, -0.2) is 4.79 Å². The van der Waals surface area contributed by atoms with Gasteiger partial charge in [0.15, 0.2) is 0 Å². The lowest BCUT2D eigenvalue weighted by molar-refractivity contribution is -0.386. The quantitative estimate of drug-likeness (QED) is 0.297. The maximum Gasteiger partial charge on any atom is 0.511 e. The number of hydrogen-bond acceptors (Lipinski definition) is 4. The fourth-order valence-corrected chi connectivity index (χ4v) is 1.49. The molecule has 0 fully saturated rings. The highest BCUT2D eigenvalue weighted by molar-refractivity contribution is 14.1. The minimum absolute atomic E-state index is 0.259. The van der Waals surface area contributed by atoms with Crippen LogP contribution in [0.15, 0.2) is 12.1 Å². The van der Waals surface area contributed by atoms with E-state index in [4.69, 9.17) is 5.11 Å². The van der Waals surface area contributed by atoms with E-state index in [1.165, 1.54) is 13.0 Å². The Balaban J connectivity index is 3.33. The summed E-state index contributed by atoms with van der Waals surface area (Å²) in [4.78, 5) is 20.3. The van der Waals surface area contributed by atoms with Gasteiger partial charge in [-0.3, -0.25) is 10.1 Å². The number of carboxylic acid groups (broad SMARTS) is 1. The van der Waals surface area contributed by atoms with Crippen molar-refractivity contribution in [3.05, 3.63) is 31.4 Å². The van der Waals surface area contributed by atoms with Crippen LogP contribution in [0.4, 0.5) is 10.5 Å².